The zero-order chi connectivity index (χ0) is 16.3. The van der Waals surface area contributed by atoms with Crippen molar-refractivity contribution in [3.8, 4) is 0 Å². The maximum absolute atomic E-state index is 10.1. The van der Waals surface area contributed by atoms with Gasteiger partial charge in [-0.2, -0.15) is 0 Å². The normalized spacial score (nSPS) is 11.9. The molecular weight excluding hydrogens is 295 g/mol. The van der Waals surface area contributed by atoms with Gasteiger partial charge in [0.25, 0.3) is 0 Å². The topological polar surface area (TPSA) is 40.1 Å². The van der Waals surface area contributed by atoms with Crippen LogP contribution in [0.15, 0.2) is 48.6 Å². The average Bonchev–Trinajstić information content (AvgIpc) is 2.50. The summed E-state index contributed by atoms with van der Waals surface area (Å²) in [5, 5.41) is 10.1. The fourth-order valence-electron chi connectivity index (χ4n) is 2.14. The number of carboxylic acids is 1. The van der Waals surface area contributed by atoms with Gasteiger partial charge in [0, 0.05) is 0 Å². The number of rotatable bonds is 14. The van der Waals surface area contributed by atoms with E-state index in [1.54, 1.807) is 12.2 Å². The molecule has 2 nitrogen and oxygen atoms in total. The molecule has 0 aliphatic carbocycles. The molecule has 0 heterocycles. The third kappa shape index (κ3) is 23.8. The fraction of sp³-hybridized carbons (Fsp3) is 0.550. The van der Waals surface area contributed by atoms with Gasteiger partial charge in [-0.05, 0) is 18.9 Å². The van der Waals surface area contributed by atoms with Gasteiger partial charge in [0.15, 0.2) is 0 Å². The van der Waals surface area contributed by atoms with Crippen LogP contribution >= 0.6 is 0 Å². The number of carbonyl (C=O) groups is 1. The zero-order valence-corrected chi connectivity index (χ0v) is 17.0. The van der Waals surface area contributed by atoms with Crippen molar-refractivity contribution in [2.45, 2.75) is 71.1 Å². The second-order valence-corrected chi connectivity index (χ2v) is 5.49. The molecule has 0 unspecified atom stereocenters. The van der Waals surface area contributed by atoms with E-state index in [-0.39, 0.29) is 29.6 Å². The van der Waals surface area contributed by atoms with E-state index >= 15 is 0 Å². The molecule has 0 aromatic carbocycles. The molecule has 0 saturated heterocycles. The number of allylic oxidation sites excluding steroid dienone is 7. The van der Waals surface area contributed by atoms with E-state index in [2.05, 4.69) is 13.0 Å². The first kappa shape index (κ1) is 24.7. The Bertz CT molecular complexity index is 368. The van der Waals surface area contributed by atoms with Crippen LogP contribution in [0.5, 0.6) is 0 Å². The van der Waals surface area contributed by atoms with Gasteiger partial charge in [-0.1, -0.05) is 101 Å². The largest absolute Gasteiger partial charge is 1.00 e. The molecule has 0 atom stereocenters. The number of aliphatic carboxylic acids is 1. The Labute approximate surface area is 164 Å². The smallest absolute Gasteiger partial charge is 0.545 e. The molecule has 0 bridgehead atoms. The minimum atomic E-state index is -1.17. The molecule has 0 radical (unpaired) electrons. The van der Waals surface area contributed by atoms with Crippen LogP contribution in [-0.2, 0) is 4.79 Å². The van der Waals surface area contributed by atoms with Gasteiger partial charge in [0.05, 0.1) is 5.97 Å². The molecular formula is C20H31NaO2. The average molecular weight is 326 g/mol. The minimum absolute atomic E-state index is 0. The Hall–Kier alpha value is -0.570. The summed E-state index contributed by atoms with van der Waals surface area (Å²) in [4.78, 5) is 10.1. The molecule has 23 heavy (non-hydrogen) atoms. The van der Waals surface area contributed by atoms with Crippen LogP contribution in [-0.4, -0.2) is 5.97 Å². The number of carboxylic acid groups (broad SMARTS) is 1. The molecule has 0 amide bonds. The fourth-order valence-corrected chi connectivity index (χ4v) is 2.14. The molecule has 0 spiro atoms. The van der Waals surface area contributed by atoms with Crippen molar-refractivity contribution >= 4 is 5.97 Å². The van der Waals surface area contributed by atoms with E-state index in [0.29, 0.717) is 0 Å². The molecule has 3 heteroatoms. The van der Waals surface area contributed by atoms with E-state index in [9.17, 15) is 9.90 Å². The first-order chi connectivity index (χ1) is 10.8. The van der Waals surface area contributed by atoms with Crippen molar-refractivity contribution in [2.24, 2.45) is 0 Å². The summed E-state index contributed by atoms with van der Waals surface area (Å²) in [5.74, 6) is -1.17. The molecule has 0 aromatic rings. The van der Waals surface area contributed by atoms with Crippen molar-refractivity contribution in [3.63, 3.8) is 0 Å². The standard InChI is InChI=1S/C20H32O2.Na/c1-2-3-4-5-6-7-8-9-10-11-12-13-14-15-16-17-18-19-20(21)22;/h12-19H,2-11H2,1H3,(H,21,22);/q;+1/p-1. The molecule has 0 saturated carbocycles. The van der Waals surface area contributed by atoms with E-state index in [1.165, 1.54) is 63.9 Å². The SMILES string of the molecule is CCCCCCCCCCCC=CC=CC=CC=CC(=O)[O-].[Na+]. The predicted molar refractivity (Wildman–Crippen MR) is 93.4 cm³/mol. The van der Waals surface area contributed by atoms with E-state index in [1.807, 2.05) is 18.2 Å². The maximum atomic E-state index is 10.1. The Morgan fingerprint density at radius 1 is 0.739 bits per heavy atom. The van der Waals surface area contributed by atoms with Gasteiger partial charge in [-0.3, -0.25) is 0 Å². The Kier molecular flexibility index (Phi) is 23.0. The summed E-state index contributed by atoms with van der Waals surface area (Å²) in [6.45, 7) is 2.26. The Balaban J connectivity index is 0. The van der Waals surface area contributed by atoms with Crippen LogP contribution in [0.1, 0.15) is 71.1 Å². The van der Waals surface area contributed by atoms with Crippen molar-refractivity contribution < 1.29 is 39.5 Å². The van der Waals surface area contributed by atoms with Crippen molar-refractivity contribution in [1.29, 1.82) is 0 Å². The molecule has 0 fully saturated rings. The number of unbranched alkanes of at least 4 members (excludes halogenated alkanes) is 9. The molecule has 0 rings (SSSR count). The quantitative estimate of drug-likeness (QED) is 0.212. The third-order valence-corrected chi connectivity index (χ3v) is 3.40. The molecule has 0 aliphatic heterocycles. The Morgan fingerprint density at radius 3 is 1.78 bits per heavy atom. The van der Waals surface area contributed by atoms with Crippen LogP contribution in [0.2, 0.25) is 0 Å². The summed E-state index contributed by atoms with van der Waals surface area (Å²) in [5.41, 5.74) is 0. The van der Waals surface area contributed by atoms with Gasteiger partial charge in [0.1, 0.15) is 0 Å². The van der Waals surface area contributed by atoms with E-state index in [0.717, 1.165) is 12.5 Å². The second kappa shape index (κ2) is 21.4. The second-order valence-electron chi connectivity index (χ2n) is 5.49. The van der Waals surface area contributed by atoms with E-state index < -0.39 is 5.97 Å². The Morgan fingerprint density at radius 2 is 1.22 bits per heavy atom. The van der Waals surface area contributed by atoms with Gasteiger partial charge in [-0.25, -0.2) is 0 Å². The van der Waals surface area contributed by atoms with Crippen LogP contribution in [0.25, 0.3) is 0 Å². The molecule has 0 aromatic heterocycles. The van der Waals surface area contributed by atoms with Gasteiger partial charge < -0.3 is 9.90 Å². The number of hydrogen-bond acceptors (Lipinski definition) is 2. The van der Waals surface area contributed by atoms with Gasteiger partial charge >= 0.3 is 29.6 Å². The number of hydrogen-bond donors (Lipinski definition) is 0. The van der Waals surface area contributed by atoms with Crippen LogP contribution in [0.4, 0.5) is 0 Å². The van der Waals surface area contributed by atoms with E-state index in [4.69, 9.17) is 0 Å². The van der Waals surface area contributed by atoms with Crippen LogP contribution in [0.3, 0.4) is 0 Å². The van der Waals surface area contributed by atoms with Crippen LogP contribution in [0, 0.1) is 0 Å². The molecule has 0 aliphatic rings. The summed E-state index contributed by atoms with van der Waals surface area (Å²) in [7, 11) is 0. The zero-order valence-electron chi connectivity index (χ0n) is 15.0. The van der Waals surface area contributed by atoms with Crippen molar-refractivity contribution in [1.82, 2.24) is 0 Å². The summed E-state index contributed by atoms with van der Waals surface area (Å²) < 4.78 is 0. The predicted octanol–water partition coefficient (Wildman–Crippen LogP) is 1.89. The van der Waals surface area contributed by atoms with Crippen molar-refractivity contribution in [3.05, 3.63) is 48.6 Å². The molecule has 124 valence electrons. The summed E-state index contributed by atoms with van der Waals surface area (Å²) >= 11 is 0. The number of carbonyl (C=O) groups excluding carboxylic acids is 1. The van der Waals surface area contributed by atoms with Crippen LogP contribution < -0.4 is 34.7 Å². The summed E-state index contributed by atoms with van der Waals surface area (Å²) in [6.07, 6.45) is 27.4. The minimum Gasteiger partial charge on any atom is -0.545 e. The third-order valence-electron chi connectivity index (χ3n) is 3.40. The van der Waals surface area contributed by atoms with Crippen molar-refractivity contribution in [2.75, 3.05) is 0 Å². The monoisotopic (exact) mass is 326 g/mol. The maximum Gasteiger partial charge on any atom is 1.00 e. The van der Waals surface area contributed by atoms with Gasteiger partial charge in [0.2, 0.25) is 0 Å². The van der Waals surface area contributed by atoms with Gasteiger partial charge in [-0.15, -0.1) is 0 Å². The first-order valence-electron chi connectivity index (χ1n) is 8.65. The first-order valence-corrected chi connectivity index (χ1v) is 8.65. The molecule has 0 N–H and O–H groups in total. The summed E-state index contributed by atoms with van der Waals surface area (Å²) in [6, 6.07) is 0.